The topological polar surface area (TPSA) is 64.4 Å². The Kier molecular flexibility index (Phi) is 5.08. The number of hydrogen-bond donors (Lipinski definition) is 2. The first kappa shape index (κ1) is 17.8. The molecular formula is C23H18N2O2S. The molecule has 0 saturated carbocycles. The Hall–Kier alpha value is -3.57. The molecule has 1 heterocycles. The fourth-order valence-corrected chi connectivity index (χ4v) is 3.63. The van der Waals surface area contributed by atoms with Gasteiger partial charge in [0.25, 0.3) is 5.91 Å². The summed E-state index contributed by atoms with van der Waals surface area (Å²) in [6.07, 6.45) is 0. The maximum absolute atomic E-state index is 12.5. The summed E-state index contributed by atoms with van der Waals surface area (Å²) in [5, 5.41) is 2.92. The lowest BCUT2D eigenvalue weighted by Crippen LogP contribution is -2.09. The number of rotatable bonds is 5. The van der Waals surface area contributed by atoms with Gasteiger partial charge >= 0.3 is 0 Å². The van der Waals surface area contributed by atoms with Crippen molar-refractivity contribution in [2.75, 3.05) is 11.1 Å². The minimum atomic E-state index is -0.142. The fraction of sp³-hybridized carbons (Fsp3) is 0. The first-order valence-electron chi connectivity index (χ1n) is 8.77. The van der Waals surface area contributed by atoms with Crippen molar-refractivity contribution in [2.45, 2.75) is 0 Å². The first-order valence-corrected chi connectivity index (χ1v) is 9.59. The molecule has 0 saturated heterocycles. The molecule has 1 aromatic heterocycles. The van der Waals surface area contributed by atoms with Crippen LogP contribution >= 0.6 is 11.3 Å². The van der Waals surface area contributed by atoms with E-state index < -0.39 is 0 Å². The monoisotopic (exact) mass is 386 g/mol. The summed E-state index contributed by atoms with van der Waals surface area (Å²) in [7, 11) is 0. The Morgan fingerprint density at radius 3 is 2.32 bits per heavy atom. The van der Waals surface area contributed by atoms with Gasteiger partial charge in [-0.25, -0.2) is 0 Å². The molecule has 0 aliphatic carbocycles. The molecule has 0 aliphatic rings. The van der Waals surface area contributed by atoms with Gasteiger partial charge in [0.1, 0.15) is 11.5 Å². The SMILES string of the molecule is Nc1cccc(-c2ccc(C(=O)Nc3ccc(Oc4ccccc4)cc3)s2)c1. The minimum Gasteiger partial charge on any atom is -0.457 e. The molecule has 5 heteroatoms. The molecule has 0 radical (unpaired) electrons. The molecule has 4 rings (SSSR count). The lowest BCUT2D eigenvalue weighted by atomic mass is 10.2. The van der Waals surface area contributed by atoms with Gasteiger partial charge in [0, 0.05) is 16.3 Å². The number of para-hydroxylation sites is 1. The van der Waals surface area contributed by atoms with Gasteiger partial charge in [0.2, 0.25) is 0 Å². The molecule has 1 amide bonds. The molecule has 0 fully saturated rings. The average Bonchev–Trinajstić information content (AvgIpc) is 3.21. The number of ether oxygens (including phenoxy) is 1. The van der Waals surface area contributed by atoms with Gasteiger partial charge in [0.05, 0.1) is 4.88 Å². The number of thiophene rings is 1. The number of anilines is 2. The van der Waals surface area contributed by atoms with Crippen LogP contribution in [0.1, 0.15) is 9.67 Å². The van der Waals surface area contributed by atoms with Crippen LogP contribution in [0, 0.1) is 0 Å². The third kappa shape index (κ3) is 4.22. The highest BCUT2D eigenvalue weighted by molar-refractivity contribution is 7.17. The quantitative estimate of drug-likeness (QED) is 0.411. The number of hydrogen-bond acceptors (Lipinski definition) is 4. The maximum atomic E-state index is 12.5. The van der Waals surface area contributed by atoms with Crippen molar-refractivity contribution in [3.05, 3.63) is 95.9 Å². The third-order valence-electron chi connectivity index (χ3n) is 4.09. The van der Waals surface area contributed by atoms with Crippen LogP contribution in [0.4, 0.5) is 11.4 Å². The van der Waals surface area contributed by atoms with Gasteiger partial charge in [-0.1, -0.05) is 30.3 Å². The van der Waals surface area contributed by atoms with E-state index in [0.717, 1.165) is 16.2 Å². The second-order valence-corrected chi connectivity index (χ2v) is 7.27. The summed E-state index contributed by atoms with van der Waals surface area (Å²) in [6.45, 7) is 0. The second kappa shape index (κ2) is 7.98. The van der Waals surface area contributed by atoms with Crippen LogP contribution in [0.2, 0.25) is 0 Å². The molecule has 28 heavy (non-hydrogen) atoms. The van der Waals surface area contributed by atoms with Gasteiger partial charge < -0.3 is 15.8 Å². The Morgan fingerprint density at radius 2 is 1.57 bits per heavy atom. The second-order valence-electron chi connectivity index (χ2n) is 6.18. The number of nitrogens with two attached hydrogens (primary N) is 1. The van der Waals surface area contributed by atoms with Crippen molar-refractivity contribution in [1.29, 1.82) is 0 Å². The van der Waals surface area contributed by atoms with Gasteiger partial charge in [-0.3, -0.25) is 4.79 Å². The zero-order chi connectivity index (χ0) is 19.3. The third-order valence-corrected chi connectivity index (χ3v) is 5.23. The highest BCUT2D eigenvalue weighted by Crippen LogP contribution is 2.30. The number of nitrogens with one attached hydrogen (secondary N) is 1. The molecule has 0 unspecified atom stereocenters. The van der Waals surface area contributed by atoms with Crippen LogP contribution in [-0.4, -0.2) is 5.91 Å². The van der Waals surface area contributed by atoms with Crippen molar-refractivity contribution >= 4 is 28.6 Å². The van der Waals surface area contributed by atoms with E-state index in [1.807, 2.05) is 91.0 Å². The summed E-state index contributed by atoms with van der Waals surface area (Å²) < 4.78 is 5.76. The molecular weight excluding hydrogens is 368 g/mol. The average molecular weight is 386 g/mol. The summed E-state index contributed by atoms with van der Waals surface area (Å²) in [6, 6.07) is 28.3. The molecule has 4 nitrogen and oxygen atoms in total. The lowest BCUT2D eigenvalue weighted by molar-refractivity contribution is 0.103. The van der Waals surface area contributed by atoms with E-state index in [1.165, 1.54) is 11.3 Å². The van der Waals surface area contributed by atoms with E-state index in [4.69, 9.17) is 10.5 Å². The predicted octanol–water partition coefficient (Wildman–Crippen LogP) is 6.04. The van der Waals surface area contributed by atoms with E-state index in [1.54, 1.807) is 0 Å². The number of carbonyl (C=O) groups is 1. The van der Waals surface area contributed by atoms with Gasteiger partial charge in [-0.05, 0) is 66.2 Å². The van der Waals surface area contributed by atoms with Gasteiger partial charge in [0.15, 0.2) is 0 Å². The fourth-order valence-electron chi connectivity index (χ4n) is 2.73. The molecule has 0 atom stereocenters. The van der Waals surface area contributed by atoms with Crippen molar-refractivity contribution in [3.63, 3.8) is 0 Å². The highest BCUT2D eigenvalue weighted by atomic mass is 32.1. The van der Waals surface area contributed by atoms with E-state index >= 15 is 0 Å². The van der Waals surface area contributed by atoms with E-state index in [0.29, 0.717) is 22.0 Å². The van der Waals surface area contributed by atoms with Crippen molar-refractivity contribution in [2.24, 2.45) is 0 Å². The Balaban J connectivity index is 1.42. The zero-order valence-corrected chi connectivity index (χ0v) is 15.8. The Labute approximate surface area is 167 Å². The lowest BCUT2D eigenvalue weighted by Gasteiger charge is -2.07. The number of nitrogen functional groups attached to an aromatic ring is 1. The maximum Gasteiger partial charge on any atom is 0.265 e. The predicted molar refractivity (Wildman–Crippen MR) is 115 cm³/mol. The molecule has 3 N–H and O–H groups in total. The van der Waals surface area contributed by atoms with E-state index in [9.17, 15) is 4.79 Å². The molecule has 4 aromatic rings. The Morgan fingerprint density at radius 1 is 0.821 bits per heavy atom. The largest absolute Gasteiger partial charge is 0.457 e. The molecule has 0 spiro atoms. The standard InChI is InChI=1S/C23H18N2O2S/c24-17-6-4-5-16(15-17)21-13-14-22(28-21)23(26)25-18-9-11-20(12-10-18)27-19-7-2-1-3-8-19/h1-15H,24H2,(H,25,26). The summed E-state index contributed by atoms with van der Waals surface area (Å²) in [4.78, 5) is 14.2. The van der Waals surface area contributed by atoms with Gasteiger partial charge in [-0.15, -0.1) is 11.3 Å². The van der Waals surface area contributed by atoms with Crippen LogP contribution in [0.15, 0.2) is 91.0 Å². The van der Waals surface area contributed by atoms with Crippen molar-refractivity contribution in [1.82, 2.24) is 0 Å². The smallest absolute Gasteiger partial charge is 0.265 e. The highest BCUT2D eigenvalue weighted by Gasteiger charge is 2.11. The van der Waals surface area contributed by atoms with E-state index in [-0.39, 0.29) is 5.91 Å². The molecule has 138 valence electrons. The van der Waals surface area contributed by atoms with Crippen LogP contribution in [0.25, 0.3) is 10.4 Å². The Bertz CT molecular complexity index is 1090. The molecule has 0 aliphatic heterocycles. The summed E-state index contributed by atoms with van der Waals surface area (Å²) in [5.74, 6) is 1.34. The zero-order valence-electron chi connectivity index (χ0n) is 15.0. The number of carbonyl (C=O) groups excluding carboxylic acids is 1. The van der Waals surface area contributed by atoms with Crippen molar-refractivity contribution < 1.29 is 9.53 Å². The van der Waals surface area contributed by atoms with Crippen LogP contribution in [-0.2, 0) is 0 Å². The van der Waals surface area contributed by atoms with E-state index in [2.05, 4.69) is 5.32 Å². The number of benzene rings is 3. The van der Waals surface area contributed by atoms with Gasteiger partial charge in [-0.2, -0.15) is 0 Å². The molecule has 3 aromatic carbocycles. The number of amides is 1. The van der Waals surface area contributed by atoms with Crippen LogP contribution in [0.3, 0.4) is 0 Å². The van der Waals surface area contributed by atoms with Crippen LogP contribution < -0.4 is 15.8 Å². The summed E-state index contributed by atoms with van der Waals surface area (Å²) >= 11 is 1.43. The van der Waals surface area contributed by atoms with Crippen LogP contribution in [0.5, 0.6) is 11.5 Å². The summed E-state index contributed by atoms with van der Waals surface area (Å²) in [5.41, 5.74) is 8.26. The normalized spacial score (nSPS) is 10.4. The molecule has 0 bridgehead atoms. The minimum absolute atomic E-state index is 0.142. The first-order chi connectivity index (χ1) is 13.7. The van der Waals surface area contributed by atoms with Crippen molar-refractivity contribution in [3.8, 4) is 21.9 Å².